The number of nitrogens with zero attached hydrogens (tertiary/aromatic N) is 1. The van der Waals surface area contributed by atoms with E-state index in [1.54, 1.807) is 0 Å². The molecule has 1 saturated carbocycles. The van der Waals surface area contributed by atoms with E-state index in [0.717, 1.165) is 25.0 Å². The summed E-state index contributed by atoms with van der Waals surface area (Å²) in [5.41, 5.74) is 0.0145. The third-order valence-electron chi connectivity index (χ3n) is 2.84. The van der Waals surface area contributed by atoms with Crippen molar-refractivity contribution in [2.75, 3.05) is 13.6 Å². The van der Waals surface area contributed by atoms with Crippen LogP contribution >= 0.6 is 0 Å². The number of nitrogens with one attached hydrogen (secondary N) is 1. The van der Waals surface area contributed by atoms with Gasteiger partial charge in [0, 0.05) is 18.7 Å². The Bertz CT molecular complexity index is 515. The van der Waals surface area contributed by atoms with E-state index in [2.05, 4.69) is 5.32 Å². The Balaban J connectivity index is 1.97. The normalized spacial score (nSPS) is 14.1. The molecule has 0 heterocycles. The number of hydrogen-bond donors (Lipinski definition) is 1. The van der Waals surface area contributed by atoms with Crippen LogP contribution in [0.1, 0.15) is 23.2 Å². The quantitative estimate of drug-likeness (QED) is 0.895. The molecule has 0 saturated heterocycles. The molecular formula is C13H14F2N2O2. The topological polar surface area (TPSA) is 49.4 Å². The lowest BCUT2D eigenvalue weighted by Crippen LogP contribution is -2.39. The predicted molar refractivity (Wildman–Crippen MR) is 64.5 cm³/mol. The summed E-state index contributed by atoms with van der Waals surface area (Å²) >= 11 is 0. The summed E-state index contributed by atoms with van der Waals surface area (Å²) in [6.07, 6.45) is 1.93. The van der Waals surface area contributed by atoms with Gasteiger partial charge in [-0.1, -0.05) is 0 Å². The van der Waals surface area contributed by atoms with Crippen LogP contribution in [-0.4, -0.2) is 36.3 Å². The third kappa shape index (κ3) is 3.49. The summed E-state index contributed by atoms with van der Waals surface area (Å²) < 4.78 is 25.8. The average Bonchev–Trinajstić information content (AvgIpc) is 3.15. The van der Waals surface area contributed by atoms with Gasteiger partial charge in [0.15, 0.2) is 11.6 Å². The number of carbonyl (C=O) groups is 2. The van der Waals surface area contributed by atoms with Crippen LogP contribution in [0.2, 0.25) is 0 Å². The van der Waals surface area contributed by atoms with Crippen LogP contribution in [0.5, 0.6) is 0 Å². The minimum atomic E-state index is -1.08. The van der Waals surface area contributed by atoms with Crippen molar-refractivity contribution in [3.8, 4) is 0 Å². The lowest BCUT2D eigenvalue weighted by molar-refractivity contribution is -0.121. The molecule has 19 heavy (non-hydrogen) atoms. The van der Waals surface area contributed by atoms with E-state index in [-0.39, 0.29) is 24.1 Å². The van der Waals surface area contributed by atoms with Crippen molar-refractivity contribution in [1.29, 1.82) is 0 Å². The molecule has 1 aromatic rings. The van der Waals surface area contributed by atoms with E-state index in [9.17, 15) is 18.4 Å². The van der Waals surface area contributed by atoms with Gasteiger partial charge in [0.25, 0.3) is 5.91 Å². The van der Waals surface area contributed by atoms with Gasteiger partial charge in [0.05, 0.1) is 6.54 Å². The van der Waals surface area contributed by atoms with E-state index in [0.29, 0.717) is 0 Å². The highest BCUT2D eigenvalue weighted by Crippen LogP contribution is 2.18. The third-order valence-corrected chi connectivity index (χ3v) is 2.84. The second-order valence-corrected chi connectivity index (χ2v) is 4.63. The Labute approximate surface area is 109 Å². The van der Waals surface area contributed by atoms with Crippen LogP contribution in [0.25, 0.3) is 0 Å². The minimum absolute atomic E-state index is 0.0145. The number of halogens is 2. The lowest BCUT2D eigenvalue weighted by atomic mass is 10.2. The van der Waals surface area contributed by atoms with Crippen molar-refractivity contribution in [2.45, 2.75) is 18.9 Å². The van der Waals surface area contributed by atoms with Gasteiger partial charge in [-0.05, 0) is 31.0 Å². The van der Waals surface area contributed by atoms with Gasteiger partial charge in [-0.3, -0.25) is 9.59 Å². The van der Waals surface area contributed by atoms with Crippen molar-refractivity contribution in [2.24, 2.45) is 0 Å². The Morgan fingerprint density at radius 1 is 1.32 bits per heavy atom. The molecule has 0 bridgehead atoms. The number of hydrogen-bond acceptors (Lipinski definition) is 2. The first-order valence-corrected chi connectivity index (χ1v) is 5.97. The molecule has 4 nitrogen and oxygen atoms in total. The van der Waals surface area contributed by atoms with Crippen molar-refractivity contribution >= 4 is 11.8 Å². The van der Waals surface area contributed by atoms with Crippen LogP contribution in [0.4, 0.5) is 8.78 Å². The number of carbonyl (C=O) groups excluding carboxylic acids is 2. The predicted octanol–water partition coefficient (Wildman–Crippen LogP) is 1.32. The molecule has 0 atom stereocenters. The van der Waals surface area contributed by atoms with Crippen molar-refractivity contribution in [3.05, 3.63) is 35.4 Å². The highest BCUT2D eigenvalue weighted by Gasteiger charge is 2.24. The summed E-state index contributed by atoms with van der Waals surface area (Å²) in [7, 11) is 1.44. The maximum Gasteiger partial charge on any atom is 0.254 e. The lowest BCUT2D eigenvalue weighted by Gasteiger charge is -2.16. The maximum atomic E-state index is 13.0. The molecule has 2 amide bonds. The fourth-order valence-electron chi connectivity index (χ4n) is 1.64. The number of likely N-dealkylation sites (N-methyl/N-ethyl adjacent to an activating group) is 1. The first kappa shape index (κ1) is 13.5. The Morgan fingerprint density at radius 3 is 2.58 bits per heavy atom. The zero-order chi connectivity index (χ0) is 14.0. The molecule has 0 unspecified atom stereocenters. The van der Waals surface area contributed by atoms with Gasteiger partial charge < -0.3 is 10.2 Å². The molecule has 1 aliphatic rings. The molecule has 1 N–H and O–H groups in total. The van der Waals surface area contributed by atoms with Gasteiger partial charge in [0.1, 0.15) is 0 Å². The van der Waals surface area contributed by atoms with E-state index < -0.39 is 17.5 Å². The van der Waals surface area contributed by atoms with E-state index in [1.807, 2.05) is 0 Å². The van der Waals surface area contributed by atoms with E-state index >= 15 is 0 Å². The van der Waals surface area contributed by atoms with Crippen LogP contribution in [0.15, 0.2) is 18.2 Å². The smallest absolute Gasteiger partial charge is 0.254 e. The molecule has 2 rings (SSSR count). The van der Waals surface area contributed by atoms with Crippen molar-refractivity contribution in [1.82, 2.24) is 10.2 Å². The van der Waals surface area contributed by atoms with Crippen LogP contribution < -0.4 is 5.32 Å². The summed E-state index contributed by atoms with van der Waals surface area (Å²) in [6, 6.07) is 3.13. The molecule has 1 aliphatic carbocycles. The number of rotatable bonds is 4. The highest BCUT2D eigenvalue weighted by atomic mass is 19.2. The fraction of sp³-hybridized carbons (Fsp3) is 0.385. The van der Waals surface area contributed by atoms with Gasteiger partial charge >= 0.3 is 0 Å². The Hall–Kier alpha value is -1.98. The molecular weight excluding hydrogens is 254 g/mol. The van der Waals surface area contributed by atoms with Crippen LogP contribution in [-0.2, 0) is 4.79 Å². The molecule has 6 heteroatoms. The first-order valence-electron chi connectivity index (χ1n) is 5.97. The summed E-state index contributed by atoms with van der Waals surface area (Å²) in [6.45, 7) is -0.103. The van der Waals surface area contributed by atoms with Gasteiger partial charge in [-0.15, -0.1) is 0 Å². The maximum absolute atomic E-state index is 13.0. The number of benzene rings is 1. The standard InChI is InChI=1S/C13H14F2N2O2/c1-17(7-12(18)16-9-3-4-9)13(19)8-2-5-10(14)11(15)6-8/h2,5-6,9H,3-4,7H2,1H3,(H,16,18). The van der Waals surface area contributed by atoms with E-state index in [1.165, 1.54) is 18.0 Å². The van der Waals surface area contributed by atoms with Crippen LogP contribution in [0, 0.1) is 11.6 Å². The minimum Gasteiger partial charge on any atom is -0.352 e. The second kappa shape index (κ2) is 5.34. The summed E-state index contributed by atoms with van der Waals surface area (Å²) in [5, 5.41) is 2.74. The fourth-order valence-corrected chi connectivity index (χ4v) is 1.64. The molecule has 0 aromatic heterocycles. The number of amides is 2. The second-order valence-electron chi connectivity index (χ2n) is 4.63. The average molecular weight is 268 g/mol. The molecule has 0 aliphatic heterocycles. The van der Waals surface area contributed by atoms with Crippen molar-refractivity contribution in [3.63, 3.8) is 0 Å². The van der Waals surface area contributed by atoms with Crippen molar-refractivity contribution < 1.29 is 18.4 Å². The highest BCUT2D eigenvalue weighted by molar-refractivity contribution is 5.96. The molecule has 0 spiro atoms. The van der Waals surface area contributed by atoms with Gasteiger partial charge in [0.2, 0.25) is 5.91 Å². The summed E-state index contributed by atoms with van der Waals surface area (Å²) in [5.74, 6) is -2.86. The Morgan fingerprint density at radius 2 is 2.00 bits per heavy atom. The van der Waals surface area contributed by atoms with Crippen LogP contribution in [0.3, 0.4) is 0 Å². The molecule has 1 fully saturated rings. The monoisotopic (exact) mass is 268 g/mol. The zero-order valence-corrected chi connectivity index (χ0v) is 10.5. The first-order chi connectivity index (χ1) is 8.97. The van der Waals surface area contributed by atoms with E-state index in [4.69, 9.17) is 0 Å². The zero-order valence-electron chi connectivity index (χ0n) is 10.5. The largest absolute Gasteiger partial charge is 0.352 e. The summed E-state index contributed by atoms with van der Waals surface area (Å²) in [4.78, 5) is 24.6. The SMILES string of the molecule is CN(CC(=O)NC1CC1)C(=O)c1ccc(F)c(F)c1. The molecule has 102 valence electrons. The van der Waals surface area contributed by atoms with Gasteiger partial charge in [-0.25, -0.2) is 8.78 Å². The van der Waals surface area contributed by atoms with Gasteiger partial charge in [-0.2, -0.15) is 0 Å². The Kier molecular flexibility index (Phi) is 3.78. The molecule has 0 radical (unpaired) electrons. The molecule has 1 aromatic carbocycles.